The summed E-state index contributed by atoms with van der Waals surface area (Å²) in [6.45, 7) is 1.41. The van der Waals surface area contributed by atoms with Crippen LogP contribution in [0, 0.1) is 5.92 Å². The molecule has 0 aromatic heterocycles. The van der Waals surface area contributed by atoms with Crippen LogP contribution in [0.25, 0.3) is 0 Å². The third-order valence-electron chi connectivity index (χ3n) is 2.70. The minimum atomic E-state index is -0.621. The van der Waals surface area contributed by atoms with E-state index in [1.54, 1.807) is 18.2 Å². The van der Waals surface area contributed by atoms with Crippen LogP contribution >= 0.6 is 11.6 Å². The zero-order valence-corrected chi connectivity index (χ0v) is 9.53. The average molecular weight is 239 g/mol. The van der Waals surface area contributed by atoms with Crippen LogP contribution in [0.1, 0.15) is 25.0 Å². The molecule has 0 unspecified atom stereocenters. The molecule has 0 bridgehead atoms. The quantitative estimate of drug-likeness (QED) is 0.587. The van der Waals surface area contributed by atoms with Crippen molar-refractivity contribution in [2.45, 2.75) is 19.4 Å². The first-order valence-electron chi connectivity index (χ1n) is 5.04. The Morgan fingerprint density at radius 1 is 1.50 bits per heavy atom. The molecule has 0 radical (unpaired) electrons. The van der Waals surface area contributed by atoms with Gasteiger partial charge in [0.05, 0.1) is 0 Å². The number of esters is 1. The van der Waals surface area contributed by atoms with Crippen molar-refractivity contribution in [3.05, 3.63) is 34.9 Å². The first-order chi connectivity index (χ1) is 7.58. The van der Waals surface area contributed by atoms with Gasteiger partial charge in [-0.3, -0.25) is 9.59 Å². The molecule has 0 amide bonds. The zero-order valence-electron chi connectivity index (χ0n) is 8.77. The summed E-state index contributed by atoms with van der Waals surface area (Å²) in [5, 5.41) is 0.597. The van der Waals surface area contributed by atoms with Gasteiger partial charge in [0.2, 0.25) is 0 Å². The molecule has 1 aromatic rings. The number of ketones is 1. The zero-order chi connectivity index (χ0) is 11.7. The number of Topliss-reactive ketones (excluding diaryl/α,β-unsaturated/α-hetero) is 1. The molecule has 0 N–H and O–H groups in total. The Labute approximate surface area is 98.4 Å². The predicted molar refractivity (Wildman–Crippen MR) is 59.1 cm³/mol. The molecular weight excluding hydrogens is 228 g/mol. The third kappa shape index (κ3) is 2.09. The van der Waals surface area contributed by atoms with Crippen LogP contribution in [0.3, 0.4) is 0 Å². The molecule has 4 heteroatoms. The van der Waals surface area contributed by atoms with Gasteiger partial charge in [-0.1, -0.05) is 23.7 Å². The fourth-order valence-corrected chi connectivity index (χ4v) is 2.02. The first-order valence-corrected chi connectivity index (χ1v) is 5.42. The van der Waals surface area contributed by atoms with E-state index in [4.69, 9.17) is 16.3 Å². The van der Waals surface area contributed by atoms with Crippen LogP contribution in [-0.2, 0) is 14.3 Å². The molecule has 2 rings (SSSR count). The molecule has 0 spiro atoms. The van der Waals surface area contributed by atoms with E-state index in [2.05, 4.69) is 0 Å². The van der Waals surface area contributed by atoms with Crippen molar-refractivity contribution in [1.29, 1.82) is 0 Å². The van der Waals surface area contributed by atoms with Crippen LogP contribution in [0.5, 0.6) is 0 Å². The minimum Gasteiger partial charge on any atom is -0.457 e. The lowest BCUT2D eigenvalue weighted by Crippen LogP contribution is -2.15. The predicted octanol–water partition coefficient (Wildman–Crippen LogP) is 2.53. The number of carbonyl (C=O) groups excluding carboxylic acids is 2. The number of ether oxygens (including phenoxy) is 1. The van der Waals surface area contributed by atoms with Gasteiger partial charge in [-0.2, -0.15) is 0 Å². The van der Waals surface area contributed by atoms with Crippen molar-refractivity contribution in [2.24, 2.45) is 5.92 Å². The molecule has 1 aliphatic heterocycles. The summed E-state index contributed by atoms with van der Waals surface area (Å²) in [5.41, 5.74) is 0.838. The second-order valence-corrected chi connectivity index (χ2v) is 4.32. The second kappa shape index (κ2) is 4.26. The summed E-state index contributed by atoms with van der Waals surface area (Å²) in [6.07, 6.45) is 0.0641. The summed E-state index contributed by atoms with van der Waals surface area (Å²) in [7, 11) is 0. The van der Waals surface area contributed by atoms with E-state index in [1.807, 2.05) is 6.07 Å². The monoisotopic (exact) mass is 238 g/mol. The van der Waals surface area contributed by atoms with Gasteiger partial charge in [0.25, 0.3) is 0 Å². The van der Waals surface area contributed by atoms with Crippen molar-refractivity contribution in [2.75, 3.05) is 0 Å². The topological polar surface area (TPSA) is 43.4 Å². The maximum Gasteiger partial charge on any atom is 0.317 e. The highest BCUT2D eigenvalue weighted by Gasteiger charge is 2.38. The van der Waals surface area contributed by atoms with E-state index in [0.717, 1.165) is 5.56 Å². The standard InChI is InChI=1S/C12H11ClO3/c1-7(14)10-6-11(16-12(10)15)8-3-2-4-9(13)5-8/h2-5,10-11H,6H2,1H3/t10-,11-/m1/s1. The van der Waals surface area contributed by atoms with E-state index in [9.17, 15) is 9.59 Å². The van der Waals surface area contributed by atoms with Gasteiger partial charge in [0.1, 0.15) is 17.8 Å². The molecule has 1 heterocycles. The second-order valence-electron chi connectivity index (χ2n) is 3.88. The summed E-state index contributed by atoms with van der Waals surface area (Å²) >= 11 is 5.85. The summed E-state index contributed by atoms with van der Waals surface area (Å²) < 4.78 is 5.16. The van der Waals surface area contributed by atoms with Gasteiger partial charge in [0, 0.05) is 11.4 Å². The summed E-state index contributed by atoms with van der Waals surface area (Å²) in [4.78, 5) is 22.6. The minimum absolute atomic E-state index is 0.144. The maximum absolute atomic E-state index is 11.4. The first kappa shape index (κ1) is 11.1. The molecule has 16 heavy (non-hydrogen) atoms. The lowest BCUT2D eigenvalue weighted by Gasteiger charge is -2.08. The number of hydrogen-bond donors (Lipinski definition) is 0. The molecule has 1 aromatic carbocycles. The van der Waals surface area contributed by atoms with Crippen molar-refractivity contribution < 1.29 is 14.3 Å². The number of halogens is 1. The average Bonchev–Trinajstić information content (AvgIpc) is 2.60. The van der Waals surface area contributed by atoms with E-state index in [1.165, 1.54) is 6.92 Å². The highest BCUT2D eigenvalue weighted by molar-refractivity contribution is 6.30. The van der Waals surface area contributed by atoms with Crippen LogP contribution in [0.4, 0.5) is 0 Å². The fourth-order valence-electron chi connectivity index (χ4n) is 1.82. The molecule has 84 valence electrons. The summed E-state index contributed by atoms with van der Waals surface area (Å²) in [5.74, 6) is -1.20. The lowest BCUT2D eigenvalue weighted by atomic mass is 9.97. The molecule has 2 atom stereocenters. The summed E-state index contributed by atoms with van der Waals surface area (Å²) in [6, 6.07) is 7.14. The van der Waals surface area contributed by atoms with Crippen molar-refractivity contribution in [3.63, 3.8) is 0 Å². The van der Waals surface area contributed by atoms with Gasteiger partial charge in [0.15, 0.2) is 0 Å². The van der Waals surface area contributed by atoms with Crippen LogP contribution < -0.4 is 0 Å². The molecular formula is C12H11ClO3. The number of cyclic esters (lactones) is 1. The highest BCUT2D eigenvalue weighted by Crippen LogP contribution is 2.34. The number of benzene rings is 1. The van der Waals surface area contributed by atoms with E-state index < -0.39 is 11.9 Å². The van der Waals surface area contributed by atoms with E-state index >= 15 is 0 Å². The van der Waals surface area contributed by atoms with Gasteiger partial charge < -0.3 is 4.74 Å². The van der Waals surface area contributed by atoms with Crippen molar-refractivity contribution in [3.8, 4) is 0 Å². The SMILES string of the molecule is CC(=O)[C@H]1C[C@H](c2cccc(Cl)c2)OC1=O. The molecule has 1 saturated heterocycles. The molecule has 0 saturated carbocycles. The Morgan fingerprint density at radius 2 is 2.25 bits per heavy atom. The van der Waals surface area contributed by atoms with Gasteiger partial charge in [-0.05, 0) is 24.6 Å². The van der Waals surface area contributed by atoms with Gasteiger partial charge in [-0.25, -0.2) is 0 Å². The van der Waals surface area contributed by atoms with E-state index in [0.29, 0.717) is 11.4 Å². The number of rotatable bonds is 2. The Bertz CT molecular complexity index is 442. The number of hydrogen-bond acceptors (Lipinski definition) is 3. The normalized spacial score (nSPS) is 24.2. The van der Waals surface area contributed by atoms with Crippen molar-refractivity contribution in [1.82, 2.24) is 0 Å². The Balaban J connectivity index is 2.20. The largest absolute Gasteiger partial charge is 0.457 e. The van der Waals surface area contributed by atoms with Crippen LogP contribution in [0.2, 0.25) is 5.02 Å². The van der Waals surface area contributed by atoms with Crippen molar-refractivity contribution >= 4 is 23.4 Å². The van der Waals surface area contributed by atoms with Crippen LogP contribution in [0.15, 0.2) is 24.3 Å². The number of carbonyl (C=O) groups is 2. The highest BCUT2D eigenvalue weighted by atomic mass is 35.5. The Kier molecular flexibility index (Phi) is 2.97. The van der Waals surface area contributed by atoms with E-state index in [-0.39, 0.29) is 11.9 Å². The van der Waals surface area contributed by atoms with Gasteiger partial charge >= 0.3 is 5.97 Å². The van der Waals surface area contributed by atoms with Gasteiger partial charge in [-0.15, -0.1) is 0 Å². The Hall–Kier alpha value is -1.35. The smallest absolute Gasteiger partial charge is 0.317 e. The molecule has 1 fully saturated rings. The van der Waals surface area contributed by atoms with Crippen LogP contribution in [-0.4, -0.2) is 11.8 Å². The fraction of sp³-hybridized carbons (Fsp3) is 0.333. The third-order valence-corrected chi connectivity index (χ3v) is 2.94. The maximum atomic E-state index is 11.4. The molecule has 1 aliphatic rings. The Morgan fingerprint density at radius 3 is 2.81 bits per heavy atom. The molecule has 3 nitrogen and oxygen atoms in total. The lowest BCUT2D eigenvalue weighted by molar-refractivity contribution is -0.146. The molecule has 0 aliphatic carbocycles.